The third-order valence-corrected chi connectivity index (χ3v) is 5.40. The lowest BCUT2D eigenvalue weighted by molar-refractivity contribution is -0.0328. The molecule has 1 saturated heterocycles. The van der Waals surface area contributed by atoms with E-state index in [-0.39, 0.29) is 6.61 Å². The standard InChI is InChI=1S/C11H24N2O4S/c1-11(17-3)6-4-8-13(10-11)18(15,16)12(2)7-5-9-14/h14H,4-10H2,1-3H3. The molecule has 0 bridgehead atoms. The number of piperidine rings is 1. The molecule has 1 N–H and O–H groups in total. The third kappa shape index (κ3) is 3.64. The maximum Gasteiger partial charge on any atom is 0.281 e. The summed E-state index contributed by atoms with van der Waals surface area (Å²) in [6.07, 6.45) is 2.12. The molecule has 7 heteroatoms. The molecule has 1 aliphatic heterocycles. The molecule has 6 nitrogen and oxygen atoms in total. The van der Waals surface area contributed by atoms with Crippen LogP contribution in [0.1, 0.15) is 26.2 Å². The van der Waals surface area contributed by atoms with Gasteiger partial charge >= 0.3 is 0 Å². The van der Waals surface area contributed by atoms with Gasteiger partial charge in [0.1, 0.15) is 0 Å². The van der Waals surface area contributed by atoms with Crippen molar-refractivity contribution < 1.29 is 18.3 Å². The molecular formula is C11H24N2O4S. The average molecular weight is 280 g/mol. The normalized spacial score (nSPS) is 26.7. The minimum Gasteiger partial charge on any atom is -0.396 e. The Morgan fingerprint density at radius 3 is 2.72 bits per heavy atom. The molecule has 0 radical (unpaired) electrons. The van der Waals surface area contributed by atoms with Crippen LogP contribution >= 0.6 is 0 Å². The molecule has 0 spiro atoms. The Hall–Kier alpha value is -0.210. The van der Waals surface area contributed by atoms with Crippen LogP contribution in [0.5, 0.6) is 0 Å². The van der Waals surface area contributed by atoms with Crippen molar-refractivity contribution in [2.24, 2.45) is 0 Å². The van der Waals surface area contributed by atoms with Gasteiger partial charge in [-0.3, -0.25) is 0 Å². The van der Waals surface area contributed by atoms with E-state index in [4.69, 9.17) is 9.84 Å². The van der Waals surface area contributed by atoms with Crippen molar-refractivity contribution in [2.45, 2.75) is 31.8 Å². The van der Waals surface area contributed by atoms with Crippen LogP contribution in [0.3, 0.4) is 0 Å². The van der Waals surface area contributed by atoms with E-state index in [0.717, 1.165) is 12.8 Å². The molecule has 0 aliphatic carbocycles. The SMILES string of the molecule is COC1(C)CCCN(S(=O)(=O)N(C)CCCO)C1. The number of methoxy groups -OCH3 is 1. The number of hydrogen-bond acceptors (Lipinski definition) is 4. The summed E-state index contributed by atoms with van der Waals surface area (Å²) < 4.78 is 32.8. The van der Waals surface area contributed by atoms with Crippen molar-refractivity contribution in [2.75, 3.05) is 40.4 Å². The van der Waals surface area contributed by atoms with Gasteiger partial charge in [-0.25, -0.2) is 0 Å². The van der Waals surface area contributed by atoms with Crippen LogP contribution in [0.4, 0.5) is 0 Å². The van der Waals surface area contributed by atoms with Gasteiger partial charge in [-0.05, 0) is 26.2 Å². The smallest absolute Gasteiger partial charge is 0.281 e. The summed E-state index contributed by atoms with van der Waals surface area (Å²) >= 11 is 0. The van der Waals surface area contributed by atoms with Crippen LogP contribution in [0.25, 0.3) is 0 Å². The topological polar surface area (TPSA) is 70.1 Å². The number of rotatable bonds is 6. The summed E-state index contributed by atoms with van der Waals surface area (Å²) in [5, 5.41) is 8.76. The number of aliphatic hydroxyl groups is 1. The first kappa shape index (κ1) is 15.8. The van der Waals surface area contributed by atoms with Crippen molar-refractivity contribution >= 4 is 10.2 Å². The number of nitrogens with zero attached hydrogens (tertiary/aromatic N) is 2. The highest BCUT2D eigenvalue weighted by molar-refractivity contribution is 7.86. The predicted octanol–water partition coefficient (Wildman–Crippen LogP) is 0.0463. The van der Waals surface area contributed by atoms with Gasteiger partial charge in [0.2, 0.25) is 0 Å². The maximum atomic E-state index is 12.3. The second-order valence-corrected chi connectivity index (χ2v) is 7.03. The molecule has 0 aromatic heterocycles. The van der Waals surface area contributed by atoms with E-state index in [9.17, 15) is 8.42 Å². The van der Waals surface area contributed by atoms with E-state index in [0.29, 0.717) is 26.1 Å². The Bertz CT molecular complexity index is 360. The minimum absolute atomic E-state index is 0.00432. The molecule has 0 saturated carbocycles. The predicted molar refractivity (Wildman–Crippen MR) is 69.5 cm³/mol. The highest BCUT2D eigenvalue weighted by atomic mass is 32.2. The molecule has 1 aliphatic rings. The van der Waals surface area contributed by atoms with E-state index in [1.54, 1.807) is 14.2 Å². The Kier molecular flexibility index (Phi) is 5.54. The van der Waals surface area contributed by atoms with Gasteiger partial charge in [-0.1, -0.05) is 0 Å². The number of aliphatic hydroxyl groups excluding tert-OH is 1. The molecule has 108 valence electrons. The van der Waals surface area contributed by atoms with Crippen molar-refractivity contribution in [3.63, 3.8) is 0 Å². The first-order chi connectivity index (χ1) is 8.35. The van der Waals surface area contributed by atoms with Crippen molar-refractivity contribution in [3.05, 3.63) is 0 Å². The van der Waals surface area contributed by atoms with Gasteiger partial charge in [-0.2, -0.15) is 17.0 Å². The fraction of sp³-hybridized carbons (Fsp3) is 1.00. The molecule has 0 amide bonds. The van der Waals surface area contributed by atoms with Crippen molar-refractivity contribution in [1.82, 2.24) is 8.61 Å². The van der Waals surface area contributed by atoms with Crippen LogP contribution in [-0.4, -0.2) is 68.1 Å². The fourth-order valence-corrected chi connectivity index (χ4v) is 3.68. The highest BCUT2D eigenvalue weighted by Crippen LogP contribution is 2.26. The molecule has 1 fully saturated rings. The first-order valence-corrected chi connectivity index (χ1v) is 7.63. The third-order valence-electron chi connectivity index (χ3n) is 3.47. The Balaban J connectivity index is 2.72. The zero-order valence-electron chi connectivity index (χ0n) is 11.4. The minimum atomic E-state index is -3.44. The van der Waals surface area contributed by atoms with Gasteiger partial charge in [0.15, 0.2) is 0 Å². The van der Waals surface area contributed by atoms with Crippen LogP contribution in [0.15, 0.2) is 0 Å². The van der Waals surface area contributed by atoms with Crippen LogP contribution in [0.2, 0.25) is 0 Å². The van der Waals surface area contributed by atoms with Gasteiger partial charge in [0.05, 0.1) is 5.60 Å². The van der Waals surface area contributed by atoms with Crippen LogP contribution < -0.4 is 0 Å². The van der Waals surface area contributed by atoms with E-state index >= 15 is 0 Å². The van der Waals surface area contributed by atoms with E-state index < -0.39 is 15.8 Å². The summed E-state index contributed by atoms with van der Waals surface area (Å²) in [6, 6.07) is 0. The van der Waals surface area contributed by atoms with Gasteiger partial charge in [-0.15, -0.1) is 0 Å². The van der Waals surface area contributed by atoms with Crippen LogP contribution in [-0.2, 0) is 14.9 Å². The van der Waals surface area contributed by atoms with Gasteiger partial charge in [0, 0.05) is 40.4 Å². The molecule has 1 unspecified atom stereocenters. The zero-order valence-corrected chi connectivity index (χ0v) is 12.2. The summed E-state index contributed by atoms with van der Waals surface area (Å²) in [4.78, 5) is 0. The summed E-state index contributed by atoms with van der Waals surface area (Å²) in [7, 11) is -0.278. The monoisotopic (exact) mass is 280 g/mol. The quantitative estimate of drug-likeness (QED) is 0.746. The Morgan fingerprint density at radius 1 is 1.50 bits per heavy atom. The highest BCUT2D eigenvalue weighted by Gasteiger charge is 2.37. The lowest BCUT2D eigenvalue weighted by atomic mass is 9.96. The van der Waals surface area contributed by atoms with Crippen molar-refractivity contribution in [1.29, 1.82) is 0 Å². The average Bonchev–Trinajstić information content (AvgIpc) is 2.35. The molecular weight excluding hydrogens is 256 g/mol. The summed E-state index contributed by atoms with van der Waals surface area (Å²) in [6.45, 7) is 3.18. The lowest BCUT2D eigenvalue weighted by Crippen LogP contribution is -2.53. The number of ether oxygens (including phenoxy) is 1. The maximum absolute atomic E-state index is 12.3. The Labute approximate surface area is 110 Å². The molecule has 0 aromatic rings. The summed E-state index contributed by atoms with van der Waals surface area (Å²) in [5.41, 5.74) is -0.400. The number of hydrogen-bond donors (Lipinski definition) is 1. The second kappa shape index (κ2) is 6.29. The van der Waals surface area contributed by atoms with Crippen molar-refractivity contribution in [3.8, 4) is 0 Å². The summed E-state index contributed by atoms with van der Waals surface area (Å²) in [5.74, 6) is 0. The molecule has 1 atom stereocenters. The molecule has 1 heterocycles. The Morgan fingerprint density at radius 2 is 2.17 bits per heavy atom. The fourth-order valence-electron chi connectivity index (χ4n) is 2.13. The van der Waals surface area contributed by atoms with E-state index in [1.807, 2.05) is 6.92 Å². The molecule has 18 heavy (non-hydrogen) atoms. The molecule has 1 rings (SSSR count). The van der Waals surface area contributed by atoms with E-state index in [2.05, 4.69) is 0 Å². The lowest BCUT2D eigenvalue weighted by Gasteiger charge is -2.39. The van der Waals surface area contributed by atoms with Crippen LogP contribution in [0, 0.1) is 0 Å². The largest absolute Gasteiger partial charge is 0.396 e. The van der Waals surface area contributed by atoms with E-state index in [1.165, 1.54) is 8.61 Å². The first-order valence-electron chi connectivity index (χ1n) is 6.23. The zero-order chi connectivity index (χ0) is 13.8. The molecule has 0 aromatic carbocycles. The van der Waals surface area contributed by atoms with Gasteiger partial charge < -0.3 is 9.84 Å². The van der Waals surface area contributed by atoms with Gasteiger partial charge in [0.25, 0.3) is 10.2 Å². The second-order valence-electron chi connectivity index (χ2n) is 5.00.